The summed E-state index contributed by atoms with van der Waals surface area (Å²) >= 11 is 0. The summed E-state index contributed by atoms with van der Waals surface area (Å²) in [6.45, 7) is 2.37. The first-order valence-electron chi connectivity index (χ1n) is 4.21. The number of nitrogens with one attached hydrogen (secondary N) is 2. The monoisotopic (exact) mass is 197 g/mol. The van der Waals surface area contributed by atoms with Crippen LogP contribution in [0, 0.1) is 0 Å². The maximum atomic E-state index is 11.3. The van der Waals surface area contributed by atoms with Crippen LogP contribution in [-0.4, -0.2) is 27.5 Å². The minimum absolute atomic E-state index is 0.248. The van der Waals surface area contributed by atoms with Gasteiger partial charge in [0.25, 0.3) is 11.5 Å². The lowest BCUT2D eigenvalue weighted by Crippen LogP contribution is -2.26. The van der Waals surface area contributed by atoms with Crippen LogP contribution in [-0.2, 0) is 0 Å². The number of rotatable bonds is 3. The Morgan fingerprint density at radius 3 is 3.07 bits per heavy atom. The molecular formula is C8H11N3O3. The van der Waals surface area contributed by atoms with Gasteiger partial charge in [-0.15, -0.1) is 0 Å². The third kappa shape index (κ3) is 2.09. The zero-order valence-electron chi connectivity index (χ0n) is 7.70. The second kappa shape index (κ2) is 4.40. The molecule has 0 aliphatic heterocycles. The molecule has 76 valence electrons. The maximum absolute atomic E-state index is 11.3. The summed E-state index contributed by atoms with van der Waals surface area (Å²) < 4.78 is 0. The Bertz CT molecular complexity index is 386. The summed E-state index contributed by atoms with van der Waals surface area (Å²) in [5.74, 6) is -1.20. The number of nitrogens with zero attached hydrogens (tertiary/aromatic N) is 1. The van der Waals surface area contributed by atoms with Gasteiger partial charge in [-0.3, -0.25) is 9.59 Å². The average Bonchev–Trinajstić information content (AvgIpc) is 2.18. The molecule has 1 rings (SSSR count). The van der Waals surface area contributed by atoms with Gasteiger partial charge < -0.3 is 15.4 Å². The summed E-state index contributed by atoms with van der Waals surface area (Å²) in [6, 6.07) is 0. The maximum Gasteiger partial charge on any atom is 0.293 e. The summed E-state index contributed by atoms with van der Waals surface area (Å²) in [5, 5.41) is 11.7. The molecule has 0 fully saturated rings. The van der Waals surface area contributed by atoms with Crippen molar-refractivity contribution in [1.29, 1.82) is 0 Å². The lowest BCUT2D eigenvalue weighted by molar-refractivity contribution is 0.0945. The minimum atomic E-state index is -0.721. The number of aromatic nitrogens is 2. The van der Waals surface area contributed by atoms with E-state index in [4.69, 9.17) is 0 Å². The SMILES string of the molecule is CCCNC(=O)c1nc[nH]c(=O)c1O. The zero-order chi connectivity index (χ0) is 10.6. The molecule has 0 aromatic carbocycles. The van der Waals surface area contributed by atoms with Crippen LogP contribution in [0.25, 0.3) is 0 Å². The van der Waals surface area contributed by atoms with Crippen LogP contribution in [0.1, 0.15) is 23.8 Å². The third-order valence-corrected chi connectivity index (χ3v) is 1.58. The van der Waals surface area contributed by atoms with Crippen molar-refractivity contribution in [2.75, 3.05) is 6.54 Å². The Balaban J connectivity index is 2.90. The number of H-pyrrole nitrogens is 1. The standard InChI is InChI=1S/C8H11N3O3/c1-2-3-9-7(13)5-6(12)8(14)11-4-10-5/h4,12H,2-3H2,1H3,(H,9,13)(H,10,11,14). The molecule has 6 heteroatoms. The summed E-state index contributed by atoms with van der Waals surface area (Å²) in [6.07, 6.45) is 1.85. The molecule has 1 aromatic heterocycles. The largest absolute Gasteiger partial charge is 0.501 e. The first-order valence-corrected chi connectivity index (χ1v) is 4.21. The molecule has 3 N–H and O–H groups in total. The molecule has 0 aliphatic carbocycles. The molecule has 0 saturated carbocycles. The fourth-order valence-electron chi connectivity index (χ4n) is 0.881. The lowest BCUT2D eigenvalue weighted by Gasteiger charge is -2.02. The zero-order valence-corrected chi connectivity index (χ0v) is 7.70. The molecule has 1 amide bonds. The van der Waals surface area contributed by atoms with Gasteiger partial charge in [0.1, 0.15) is 0 Å². The molecule has 0 saturated heterocycles. The number of carbonyl (C=O) groups is 1. The number of aromatic hydroxyl groups is 1. The fraction of sp³-hybridized carbons (Fsp3) is 0.375. The van der Waals surface area contributed by atoms with Crippen LogP contribution >= 0.6 is 0 Å². The van der Waals surface area contributed by atoms with Gasteiger partial charge in [0, 0.05) is 6.54 Å². The number of carbonyl (C=O) groups excluding carboxylic acids is 1. The van der Waals surface area contributed by atoms with E-state index < -0.39 is 17.2 Å². The highest BCUT2D eigenvalue weighted by Gasteiger charge is 2.14. The van der Waals surface area contributed by atoms with Gasteiger partial charge in [-0.05, 0) is 6.42 Å². The van der Waals surface area contributed by atoms with Crippen molar-refractivity contribution in [2.45, 2.75) is 13.3 Å². The van der Waals surface area contributed by atoms with Crippen molar-refractivity contribution in [1.82, 2.24) is 15.3 Å². The smallest absolute Gasteiger partial charge is 0.293 e. The highest BCUT2D eigenvalue weighted by atomic mass is 16.3. The van der Waals surface area contributed by atoms with Gasteiger partial charge in [0.15, 0.2) is 5.69 Å². The van der Waals surface area contributed by atoms with Crippen molar-refractivity contribution in [2.24, 2.45) is 0 Å². The first kappa shape index (κ1) is 10.2. The van der Waals surface area contributed by atoms with Crippen LogP contribution in [0.4, 0.5) is 0 Å². The third-order valence-electron chi connectivity index (χ3n) is 1.58. The van der Waals surface area contributed by atoms with Crippen molar-refractivity contribution < 1.29 is 9.90 Å². The van der Waals surface area contributed by atoms with E-state index in [1.807, 2.05) is 6.92 Å². The average molecular weight is 197 g/mol. The second-order valence-corrected chi connectivity index (χ2v) is 2.68. The predicted molar refractivity (Wildman–Crippen MR) is 49.1 cm³/mol. The normalized spacial score (nSPS) is 9.79. The fourth-order valence-corrected chi connectivity index (χ4v) is 0.881. The summed E-state index contributed by atoms with van der Waals surface area (Å²) in [4.78, 5) is 27.9. The minimum Gasteiger partial charge on any atom is -0.501 e. The van der Waals surface area contributed by atoms with Crippen molar-refractivity contribution in [3.8, 4) is 5.75 Å². The highest BCUT2D eigenvalue weighted by Crippen LogP contribution is 2.04. The van der Waals surface area contributed by atoms with Crippen LogP contribution in [0.5, 0.6) is 5.75 Å². The molecule has 6 nitrogen and oxygen atoms in total. The molecule has 0 spiro atoms. The predicted octanol–water partition coefficient (Wildman–Crippen LogP) is -0.385. The van der Waals surface area contributed by atoms with E-state index in [2.05, 4.69) is 15.3 Å². The summed E-state index contributed by atoms with van der Waals surface area (Å²) in [7, 11) is 0. The molecule has 0 radical (unpaired) electrons. The van der Waals surface area contributed by atoms with Gasteiger partial charge in [0.05, 0.1) is 6.33 Å². The van der Waals surface area contributed by atoms with E-state index in [1.165, 1.54) is 0 Å². The van der Waals surface area contributed by atoms with Crippen LogP contribution in [0.3, 0.4) is 0 Å². The quantitative estimate of drug-likeness (QED) is 0.615. The first-order chi connectivity index (χ1) is 6.66. The number of hydrogen-bond donors (Lipinski definition) is 3. The molecule has 1 heterocycles. The van der Waals surface area contributed by atoms with Gasteiger partial charge >= 0.3 is 0 Å². The molecule has 1 aromatic rings. The van der Waals surface area contributed by atoms with E-state index in [0.29, 0.717) is 6.54 Å². The number of amides is 1. The van der Waals surface area contributed by atoms with E-state index in [1.54, 1.807) is 0 Å². The van der Waals surface area contributed by atoms with Crippen LogP contribution < -0.4 is 10.9 Å². The molecule has 0 unspecified atom stereocenters. The van der Waals surface area contributed by atoms with Gasteiger partial charge in [-0.1, -0.05) is 6.92 Å². The van der Waals surface area contributed by atoms with Crippen LogP contribution in [0.2, 0.25) is 0 Å². The molecule has 0 aliphatic rings. The van der Waals surface area contributed by atoms with Crippen molar-refractivity contribution in [3.05, 3.63) is 22.4 Å². The van der Waals surface area contributed by atoms with E-state index >= 15 is 0 Å². The molecule has 14 heavy (non-hydrogen) atoms. The van der Waals surface area contributed by atoms with Gasteiger partial charge in [0.2, 0.25) is 5.75 Å². The van der Waals surface area contributed by atoms with E-state index in [-0.39, 0.29) is 5.69 Å². The Labute approximate surface area is 80.0 Å². The Hall–Kier alpha value is -1.85. The Kier molecular flexibility index (Phi) is 3.22. The number of aromatic amines is 1. The van der Waals surface area contributed by atoms with E-state index in [9.17, 15) is 14.7 Å². The Morgan fingerprint density at radius 2 is 2.43 bits per heavy atom. The topological polar surface area (TPSA) is 95.1 Å². The second-order valence-electron chi connectivity index (χ2n) is 2.68. The molecule has 0 bridgehead atoms. The van der Waals surface area contributed by atoms with Gasteiger partial charge in [-0.2, -0.15) is 0 Å². The highest BCUT2D eigenvalue weighted by molar-refractivity contribution is 5.94. The lowest BCUT2D eigenvalue weighted by atomic mass is 10.3. The number of hydrogen-bond acceptors (Lipinski definition) is 4. The molecular weight excluding hydrogens is 186 g/mol. The van der Waals surface area contributed by atoms with E-state index in [0.717, 1.165) is 12.7 Å². The van der Waals surface area contributed by atoms with Crippen molar-refractivity contribution >= 4 is 5.91 Å². The van der Waals surface area contributed by atoms with Gasteiger partial charge in [-0.25, -0.2) is 4.98 Å². The Morgan fingerprint density at radius 1 is 1.71 bits per heavy atom. The molecule has 0 atom stereocenters. The van der Waals surface area contributed by atoms with Crippen molar-refractivity contribution in [3.63, 3.8) is 0 Å². The van der Waals surface area contributed by atoms with Crippen LogP contribution in [0.15, 0.2) is 11.1 Å². The summed E-state index contributed by atoms with van der Waals surface area (Å²) in [5.41, 5.74) is -0.969.